The van der Waals surface area contributed by atoms with Crippen LogP contribution in [-0.2, 0) is 22.7 Å². The molecule has 0 saturated heterocycles. The summed E-state index contributed by atoms with van der Waals surface area (Å²) in [7, 11) is 0. The minimum Gasteiger partial charge on any atom is -0.459 e. The molecule has 0 radical (unpaired) electrons. The highest BCUT2D eigenvalue weighted by Gasteiger charge is 2.24. The molecule has 0 saturated carbocycles. The summed E-state index contributed by atoms with van der Waals surface area (Å²) >= 11 is 0. The van der Waals surface area contributed by atoms with Gasteiger partial charge in [0.15, 0.2) is 0 Å². The topological polar surface area (TPSA) is 81.4 Å². The maximum Gasteiger partial charge on any atom is 0.334 e. The van der Waals surface area contributed by atoms with Crippen molar-refractivity contribution in [1.82, 2.24) is 9.55 Å². The molecule has 3 heterocycles. The second kappa shape index (κ2) is 6.07. The molecule has 6 heteroatoms. The van der Waals surface area contributed by atoms with Gasteiger partial charge in [-0.25, -0.2) is 9.78 Å². The summed E-state index contributed by atoms with van der Waals surface area (Å²) in [5.41, 5.74) is 4.44. The van der Waals surface area contributed by atoms with E-state index in [0.717, 1.165) is 33.4 Å². The van der Waals surface area contributed by atoms with Crippen LogP contribution in [0.5, 0.6) is 0 Å². The number of carbonyl (C=O) groups excluding carboxylic acids is 1. The number of pyridine rings is 2. The van der Waals surface area contributed by atoms with Crippen LogP contribution < -0.4 is 5.56 Å². The Balaban J connectivity index is 1.77. The fourth-order valence-electron chi connectivity index (χ4n) is 3.28. The summed E-state index contributed by atoms with van der Waals surface area (Å²) in [6.07, 6.45) is -1.21. The maximum atomic E-state index is 12.9. The molecule has 1 atom stereocenters. The fourth-order valence-corrected chi connectivity index (χ4v) is 3.28. The lowest BCUT2D eigenvalue weighted by Crippen LogP contribution is -2.27. The summed E-state index contributed by atoms with van der Waals surface area (Å²) in [6.45, 7) is 3.43. The first-order chi connectivity index (χ1) is 12.5. The zero-order valence-electron chi connectivity index (χ0n) is 14.5. The standard InChI is InChI=1S/C20H18N2O4/c1-11-7-17-18-14(8-13-5-3-4-6-16(13)21-18)9-22(17)19(24)15(11)10-26-20(25)12(2)23/h3-8,12,23H,9-10H2,1-2H3. The predicted molar refractivity (Wildman–Crippen MR) is 96.8 cm³/mol. The second-order valence-corrected chi connectivity index (χ2v) is 6.55. The van der Waals surface area contributed by atoms with Crippen molar-refractivity contribution in [3.63, 3.8) is 0 Å². The third-order valence-corrected chi connectivity index (χ3v) is 4.70. The molecule has 3 aromatic rings. The molecular weight excluding hydrogens is 332 g/mol. The van der Waals surface area contributed by atoms with Crippen molar-refractivity contribution in [2.24, 2.45) is 0 Å². The largest absolute Gasteiger partial charge is 0.459 e. The van der Waals surface area contributed by atoms with Crippen molar-refractivity contribution >= 4 is 16.9 Å². The first-order valence-corrected chi connectivity index (χ1v) is 8.43. The number of aromatic nitrogens is 2. The third kappa shape index (κ3) is 2.59. The number of hydrogen-bond acceptors (Lipinski definition) is 5. The van der Waals surface area contributed by atoms with Crippen LogP contribution in [0, 0.1) is 6.92 Å². The lowest BCUT2D eigenvalue weighted by atomic mass is 10.1. The van der Waals surface area contributed by atoms with Gasteiger partial charge in [0.2, 0.25) is 0 Å². The number of benzene rings is 1. The Morgan fingerprint density at radius 2 is 2.12 bits per heavy atom. The number of carbonyl (C=O) groups is 1. The molecule has 0 aliphatic carbocycles. The van der Waals surface area contributed by atoms with Crippen molar-refractivity contribution in [2.45, 2.75) is 33.1 Å². The minimum absolute atomic E-state index is 0.152. The van der Waals surface area contributed by atoms with Gasteiger partial charge in [-0.15, -0.1) is 0 Å². The van der Waals surface area contributed by atoms with Gasteiger partial charge in [0, 0.05) is 10.9 Å². The highest BCUT2D eigenvalue weighted by atomic mass is 16.5. The Bertz CT molecular complexity index is 1100. The zero-order valence-corrected chi connectivity index (χ0v) is 14.5. The Labute approximate surface area is 149 Å². The molecule has 26 heavy (non-hydrogen) atoms. The van der Waals surface area contributed by atoms with Gasteiger partial charge in [-0.1, -0.05) is 18.2 Å². The van der Waals surface area contributed by atoms with Gasteiger partial charge < -0.3 is 14.4 Å². The van der Waals surface area contributed by atoms with E-state index in [1.165, 1.54) is 6.92 Å². The van der Waals surface area contributed by atoms with Gasteiger partial charge in [0.05, 0.1) is 29.0 Å². The fraction of sp³-hybridized carbons (Fsp3) is 0.250. The molecule has 0 bridgehead atoms. The Morgan fingerprint density at radius 3 is 2.88 bits per heavy atom. The van der Waals surface area contributed by atoms with Crippen molar-refractivity contribution in [2.75, 3.05) is 0 Å². The molecule has 1 N–H and O–H groups in total. The summed E-state index contributed by atoms with van der Waals surface area (Å²) in [5, 5.41) is 10.3. The molecule has 0 fully saturated rings. The number of nitrogens with zero attached hydrogens (tertiary/aromatic N) is 2. The van der Waals surface area contributed by atoms with Crippen LogP contribution >= 0.6 is 0 Å². The molecule has 1 unspecified atom stereocenters. The highest BCUT2D eigenvalue weighted by molar-refractivity contribution is 5.84. The van der Waals surface area contributed by atoms with Crippen molar-refractivity contribution in [3.05, 3.63) is 63.4 Å². The van der Waals surface area contributed by atoms with Gasteiger partial charge in [0.1, 0.15) is 12.7 Å². The van der Waals surface area contributed by atoms with E-state index in [-0.39, 0.29) is 12.2 Å². The first kappa shape index (κ1) is 16.5. The lowest BCUT2D eigenvalue weighted by molar-refractivity contribution is -0.153. The molecule has 0 spiro atoms. The third-order valence-electron chi connectivity index (χ3n) is 4.70. The van der Waals surface area contributed by atoms with Crippen LogP contribution in [0.1, 0.15) is 23.6 Å². The number of esters is 1. The predicted octanol–water partition coefficient (Wildman–Crippen LogP) is 2.16. The summed E-state index contributed by atoms with van der Waals surface area (Å²) in [5.74, 6) is -0.745. The van der Waals surface area contributed by atoms with Crippen molar-refractivity contribution in [1.29, 1.82) is 0 Å². The number of ether oxygens (including phenoxy) is 1. The van der Waals surface area contributed by atoms with Gasteiger partial charge in [0.25, 0.3) is 5.56 Å². The second-order valence-electron chi connectivity index (χ2n) is 6.55. The van der Waals surface area contributed by atoms with E-state index in [1.54, 1.807) is 4.57 Å². The van der Waals surface area contributed by atoms with Crippen LogP contribution in [0.3, 0.4) is 0 Å². The maximum absolute atomic E-state index is 12.9. The number of fused-ring (bicyclic) bond motifs is 4. The SMILES string of the molecule is Cc1cc2n(c(=O)c1COC(=O)C(C)O)Cc1cc3ccccc3nc1-2. The van der Waals surface area contributed by atoms with E-state index in [0.29, 0.717) is 12.1 Å². The molecule has 4 rings (SSSR count). The molecule has 6 nitrogen and oxygen atoms in total. The average Bonchev–Trinajstić information content (AvgIpc) is 2.97. The monoisotopic (exact) mass is 350 g/mol. The van der Waals surface area contributed by atoms with Gasteiger partial charge in [-0.3, -0.25) is 4.79 Å². The normalized spacial score (nSPS) is 13.3. The zero-order chi connectivity index (χ0) is 18.4. The van der Waals surface area contributed by atoms with Crippen molar-refractivity contribution < 1.29 is 14.6 Å². The van der Waals surface area contributed by atoms with Crippen LogP contribution in [0.2, 0.25) is 0 Å². The lowest BCUT2D eigenvalue weighted by Gasteiger charge is -2.11. The summed E-state index contributed by atoms with van der Waals surface area (Å²) in [4.78, 5) is 29.1. The van der Waals surface area contributed by atoms with Gasteiger partial charge in [-0.05, 0) is 37.6 Å². The van der Waals surface area contributed by atoms with E-state index in [2.05, 4.69) is 6.07 Å². The number of aryl methyl sites for hydroxylation is 1. The molecule has 2 aromatic heterocycles. The molecule has 132 valence electrons. The number of aliphatic hydroxyl groups is 1. The van der Waals surface area contributed by atoms with Crippen LogP contribution in [-0.4, -0.2) is 26.7 Å². The highest BCUT2D eigenvalue weighted by Crippen LogP contribution is 2.32. The van der Waals surface area contributed by atoms with Gasteiger partial charge >= 0.3 is 5.97 Å². The molecule has 1 aliphatic rings. The van der Waals surface area contributed by atoms with E-state index >= 15 is 0 Å². The molecule has 1 aliphatic heterocycles. The number of rotatable bonds is 3. The van der Waals surface area contributed by atoms with Crippen molar-refractivity contribution in [3.8, 4) is 11.4 Å². The summed E-state index contributed by atoms with van der Waals surface area (Å²) in [6, 6.07) is 11.8. The number of para-hydroxylation sites is 1. The van der Waals surface area contributed by atoms with E-state index in [1.807, 2.05) is 37.3 Å². The average molecular weight is 350 g/mol. The Morgan fingerprint density at radius 1 is 1.35 bits per heavy atom. The first-order valence-electron chi connectivity index (χ1n) is 8.43. The van der Waals surface area contributed by atoms with Gasteiger partial charge in [-0.2, -0.15) is 0 Å². The smallest absolute Gasteiger partial charge is 0.334 e. The van der Waals surface area contributed by atoms with E-state index in [4.69, 9.17) is 9.72 Å². The Kier molecular flexibility index (Phi) is 3.85. The van der Waals surface area contributed by atoms with Crippen LogP contribution in [0.15, 0.2) is 41.2 Å². The minimum atomic E-state index is -1.21. The van der Waals surface area contributed by atoms with Crippen LogP contribution in [0.4, 0.5) is 0 Å². The number of aliphatic hydroxyl groups excluding tert-OH is 1. The quantitative estimate of drug-likeness (QED) is 0.573. The number of hydrogen-bond donors (Lipinski definition) is 1. The van der Waals surface area contributed by atoms with Crippen LogP contribution in [0.25, 0.3) is 22.3 Å². The Hall–Kier alpha value is -2.99. The van der Waals surface area contributed by atoms with E-state index < -0.39 is 12.1 Å². The molecule has 0 amide bonds. The molecule has 1 aromatic carbocycles. The summed E-state index contributed by atoms with van der Waals surface area (Å²) < 4.78 is 6.69. The van der Waals surface area contributed by atoms with E-state index in [9.17, 15) is 14.7 Å². The molecular formula is C20H18N2O4.